The number of aliphatic hydroxyl groups is 1. The summed E-state index contributed by atoms with van der Waals surface area (Å²) in [5, 5.41) is 10.6. The Morgan fingerprint density at radius 3 is 2.54 bits per heavy atom. The summed E-state index contributed by atoms with van der Waals surface area (Å²) < 4.78 is 6.02. The van der Waals surface area contributed by atoms with E-state index < -0.39 is 6.10 Å². The fourth-order valence-electron chi connectivity index (χ4n) is 4.43. The van der Waals surface area contributed by atoms with Crippen molar-refractivity contribution in [3.63, 3.8) is 0 Å². The number of ether oxygens (including phenoxy) is 1. The Kier molecular flexibility index (Phi) is 6.96. The maximum atomic E-state index is 10.6. The van der Waals surface area contributed by atoms with Crippen molar-refractivity contribution in [2.45, 2.75) is 65.0 Å². The molecule has 2 aliphatic rings. The number of piperidine rings is 1. The van der Waals surface area contributed by atoms with Gasteiger partial charge in [-0.1, -0.05) is 18.6 Å². The first kappa shape index (κ1) is 19.7. The average Bonchev–Trinajstić information content (AvgIpc) is 3.06. The maximum absolute atomic E-state index is 10.6. The second-order valence-corrected chi connectivity index (χ2v) is 8.27. The lowest BCUT2D eigenvalue weighted by molar-refractivity contribution is 0.0551. The van der Waals surface area contributed by atoms with Crippen LogP contribution < -0.4 is 4.74 Å². The van der Waals surface area contributed by atoms with Crippen LogP contribution in [0.1, 0.15) is 48.8 Å². The number of rotatable bonds is 7. The molecule has 4 heteroatoms. The SMILES string of the molecule is Cc1ccc(C)c(OC[C@@H](O)CN2CCC[C@H]2CN2CCCCC2)c1C. The van der Waals surface area contributed by atoms with Crippen LogP contribution in [0.3, 0.4) is 0 Å². The largest absolute Gasteiger partial charge is 0.490 e. The van der Waals surface area contributed by atoms with Gasteiger partial charge in [0, 0.05) is 19.1 Å². The predicted octanol–water partition coefficient (Wildman–Crippen LogP) is 3.30. The Labute approximate surface area is 159 Å². The Balaban J connectivity index is 1.49. The molecule has 0 spiro atoms. The number of β-amino-alcohol motifs (C(OH)–C–C–N with tert-alkyl or cyclic N) is 1. The van der Waals surface area contributed by atoms with E-state index in [1.54, 1.807) is 0 Å². The normalized spacial score (nSPS) is 23.3. The Hall–Kier alpha value is -1.10. The van der Waals surface area contributed by atoms with E-state index >= 15 is 0 Å². The Morgan fingerprint density at radius 1 is 1.04 bits per heavy atom. The number of hydrogen-bond donors (Lipinski definition) is 1. The lowest BCUT2D eigenvalue weighted by Gasteiger charge is -2.33. The van der Waals surface area contributed by atoms with Crippen LogP contribution in [0.15, 0.2) is 12.1 Å². The molecule has 0 aliphatic carbocycles. The van der Waals surface area contributed by atoms with Gasteiger partial charge in [-0.15, -0.1) is 0 Å². The summed E-state index contributed by atoms with van der Waals surface area (Å²) in [5.41, 5.74) is 3.56. The first-order valence-corrected chi connectivity index (χ1v) is 10.4. The highest BCUT2D eigenvalue weighted by molar-refractivity contribution is 5.44. The molecule has 2 saturated heterocycles. The minimum atomic E-state index is -0.434. The van der Waals surface area contributed by atoms with Crippen LogP contribution >= 0.6 is 0 Å². The smallest absolute Gasteiger partial charge is 0.125 e. The molecule has 2 atom stereocenters. The highest BCUT2D eigenvalue weighted by Crippen LogP contribution is 2.26. The molecule has 0 unspecified atom stereocenters. The molecule has 2 aliphatic heterocycles. The third-order valence-electron chi connectivity index (χ3n) is 6.16. The number of hydrogen-bond acceptors (Lipinski definition) is 4. The standard InChI is InChI=1S/C22H36N2O2/c1-17-9-10-18(2)22(19(17)3)26-16-21(25)15-24-13-7-8-20(24)14-23-11-5-4-6-12-23/h9-10,20-21,25H,4-8,11-16H2,1-3H3/t20-,21-/m0/s1. The van der Waals surface area contributed by atoms with Gasteiger partial charge in [0.25, 0.3) is 0 Å². The molecule has 1 aromatic carbocycles. The third-order valence-corrected chi connectivity index (χ3v) is 6.16. The van der Waals surface area contributed by atoms with Crippen LogP contribution in [-0.4, -0.2) is 66.4 Å². The van der Waals surface area contributed by atoms with Crippen molar-refractivity contribution in [3.8, 4) is 5.75 Å². The molecule has 0 radical (unpaired) electrons. The molecule has 1 N–H and O–H groups in total. The highest BCUT2D eigenvalue weighted by Gasteiger charge is 2.28. The topological polar surface area (TPSA) is 35.9 Å². The molecule has 3 rings (SSSR count). The molecule has 1 aromatic rings. The van der Waals surface area contributed by atoms with Gasteiger partial charge in [0.15, 0.2) is 0 Å². The van der Waals surface area contributed by atoms with Gasteiger partial charge >= 0.3 is 0 Å². The van der Waals surface area contributed by atoms with E-state index in [0.717, 1.165) is 24.4 Å². The van der Waals surface area contributed by atoms with E-state index in [-0.39, 0.29) is 0 Å². The average molecular weight is 361 g/mol. The van der Waals surface area contributed by atoms with Gasteiger partial charge in [0.2, 0.25) is 0 Å². The molecule has 0 amide bonds. The number of nitrogens with zero attached hydrogens (tertiary/aromatic N) is 2. The molecule has 26 heavy (non-hydrogen) atoms. The zero-order chi connectivity index (χ0) is 18.5. The summed E-state index contributed by atoms with van der Waals surface area (Å²) in [6, 6.07) is 4.83. The van der Waals surface area contributed by atoms with Crippen molar-refractivity contribution >= 4 is 0 Å². The summed E-state index contributed by atoms with van der Waals surface area (Å²) in [5.74, 6) is 0.940. The zero-order valence-corrected chi connectivity index (χ0v) is 16.8. The minimum Gasteiger partial charge on any atom is -0.490 e. The second kappa shape index (κ2) is 9.20. The van der Waals surface area contributed by atoms with E-state index in [4.69, 9.17) is 4.74 Å². The summed E-state index contributed by atoms with van der Waals surface area (Å²) in [6.07, 6.45) is 6.16. The third kappa shape index (κ3) is 4.99. The quantitative estimate of drug-likeness (QED) is 0.809. The number of likely N-dealkylation sites (tertiary alicyclic amines) is 2. The first-order chi connectivity index (χ1) is 12.5. The van der Waals surface area contributed by atoms with Crippen LogP contribution in [0.4, 0.5) is 0 Å². The summed E-state index contributed by atoms with van der Waals surface area (Å²) >= 11 is 0. The zero-order valence-electron chi connectivity index (χ0n) is 16.8. The molecule has 2 heterocycles. The molecule has 2 fully saturated rings. The van der Waals surface area contributed by atoms with Gasteiger partial charge in [0.1, 0.15) is 18.5 Å². The van der Waals surface area contributed by atoms with Gasteiger partial charge in [0.05, 0.1) is 0 Å². The Bertz CT molecular complexity index is 584. The molecule has 146 valence electrons. The number of aliphatic hydroxyl groups excluding tert-OH is 1. The van der Waals surface area contributed by atoms with E-state index in [1.165, 1.54) is 62.9 Å². The van der Waals surface area contributed by atoms with Crippen molar-refractivity contribution in [1.82, 2.24) is 9.80 Å². The van der Waals surface area contributed by atoms with Crippen molar-refractivity contribution in [1.29, 1.82) is 0 Å². The van der Waals surface area contributed by atoms with Gasteiger partial charge in [-0.3, -0.25) is 4.90 Å². The first-order valence-electron chi connectivity index (χ1n) is 10.4. The molecule has 0 saturated carbocycles. The van der Waals surface area contributed by atoms with Crippen LogP contribution in [-0.2, 0) is 0 Å². The van der Waals surface area contributed by atoms with Crippen molar-refractivity contribution in [3.05, 3.63) is 28.8 Å². The van der Waals surface area contributed by atoms with Gasteiger partial charge in [-0.25, -0.2) is 0 Å². The summed E-state index contributed by atoms with van der Waals surface area (Å²) in [4.78, 5) is 5.10. The monoisotopic (exact) mass is 360 g/mol. The van der Waals surface area contributed by atoms with Gasteiger partial charge in [-0.2, -0.15) is 0 Å². The van der Waals surface area contributed by atoms with E-state index in [2.05, 4.69) is 42.7 Å². The fraction of sp³-hybridized carbons (Fsp3) is 0.727. The van der Waals surface area contributed by atoms with Crippen LogP contribution in [0.5, 0.6) is 5.75 Å². The second-order valence-electron chi connectivity index (χ2n) is 8.27. The number of aryl methyl sites for hydroxylation is 2. The summed E-state index contributed by atoms with van der Waals surface area (Å²) in [7, 11) is 0. The van der Waals surface area contributed by atoms with Crippen LogP contribution in [0, 0.1) is 20.8 Å². The lowest BCUT2D eigenvalue weighted by Crippen LogP contribution is -2.45. The molecule has 4 nitrogen and oxygen atoms in total. The summed E-state index contributed by atoms with van der Waals surface area (Å²) in [6.45, 7) is 12.2. The van der Waals surface area contributed by atoms with Crippen molar-refractivity contribution in [2.24, 2.45) is 0 Å². The highest BCUT2D eigenvalue weighted by atomic mass is 16.5. The Morgan fingerprint density at radius 2 is 1.77 bits per heavy atom. The lowest BCUT2D eigenvalue weighted by atomic mass is 10.1. The maximum Gasteiger partial charge on any atom is 0.125 e. The predicted molar refractivity (Wildman–Crippen MR) is 107 cm³/mol. The molecular weight excluding hydrogens is 324 g/mol. The molecule has 0 bridgehead atoms. The fourth-order valence-corrected chi connectivity index (χ4v) is 4.43. The van der Waals surface area contributed by atoms with E-state index in [1.807, 2.05) is 0 Å². The van der Waals surface area contributed by atoms with E-state index in [0.29, 0.717) is 12.6 Å². The molecule has 0 aromatic heterocycles. The molecular formula is C22H36N2O2. The van der Waals surface area contributed by atoms with Crippen molar-refractivity contribution in [2.75, 3.05) is 39.3 Å². The van der Waals surface area contributed by atoms with Crippen LogP contribution in [0.25, 0.3) is 0 Å². The van der Waals surface area contributed by atoms with Crippen molar-refractivity contribution < 1.29 is 9.84 Å². The van der Waals surface area contributed by atoms with E-state index in [9.17, 15) is 5.11 Å². The van der Waals surface area contributed by atoms with Gasteiger partial charge < -0.3 is 14.7 Å². The van der Waals surface area contributed by atoms with Gasteiger partial charge in [-0.05, 0) is 82.8 Å². The number of benzene rings is 1. The minimum absolute atomic E-state index is 0.373. The van der Waals surface area contributed by atoms with Crippen LogP contribution in [0.2, 0.25) is 0 Å².